The van der Waals surface area contributed by atoms with Crippen molar-refractivity contribution >= 4 is 36.4 Å². The van der Waals surface area contributed by atoms with Crippen LogP contribution < -0.4 is 10.5 Å². The Kier molecular flexibility index (Phi) is 8.46. The summed E-state index contributed by atoms with van der Waals surface area (Å²) in [6, 6.07) is 3.41. The highest BCUT2D eigenvalue weighted by Gasteiger charge is 2.00. The topological polar surface area (TPSA) is 48.1 Å². The Balaban J connectivity index is 0. The minimum Gasteiger partial charge on any atom is -0.481 e. The summed E-state index contributed by atoms with van der Waals surface area (Å²) in [5, 5.41) is 0.577. The molecule has 0 amide bonds. The van der Waals surface area contributed by atoms with Gasteiger partial charge >= 0.3 is 0 Å². The molecule has 1 aromatic rings. The monoisotopic (exact) mass is 244 g/mol. The minimum atomic E-state index is 0. The van der Waals surface area contributed by atoms with Crippen LogP contribution in [0.15, 0.2) is 12.1 Å². The third-order valence-corrected chi connectivity index (χ3v) is 1.64. The fourth-order valence-corrected chi connectivity index (χ4v) is 0.904. The van der Waals surface area contributed by atoms with E-state index in [1.807, 2.05) is 0 Å². The molecule has 6 heteroatoms. The Hall–Kier alpha value is -0.220. The number of hydrogen-bond donors (Lipinski definition) is 1. The summed E-state index contributed by atoms with van der Waals surface area (Å²) in [6.07, 6.45) is 0. The van der Waals surface area contributed by atoms with E-state index in [-0.39, 0.29) is 24.8 Å². The lowest BCUT2D eigenvalue weighted by Crippen LogP contribution is -2.01. The van der Waals surface area contributed by atoms with E-state index in [1.165, 1.54) is 0 Å². The number of ether oxygens (including phenoxy) is 1. The number of halogens is 3. The Morgan fingerprint density at radius 3 is 2.54 bits per heavy atom. The molecule has 0 fully saturated rings. The number of methoxy groups -OCH3 is 1. The minimum absolute atomic E-state index is 0. The van der Waals surface area contributed by atoms with Crippen LogP contribution >= 0.6 is 36.4 Å². The van der Waals surface area contributed by atoms with Crippen LogP contribution in [0.2, 0.25) is 5.02 Å². The Morgan fingerprint density at radius 1 is 1.46 bits per heavy atom. The second-order valence-electron chi connectivity index (χ2n) is 1.99. The molecule has 0 aliphatic carbocycles. The van der Waals surface area contributed by atoms with Crippen LogP contribution in [0.5, 0.6) is 5.88 Å². The van der Waals surface area contributed by atoms with Crippen molar-refractivity contribution in [2.75, 3.05) is 7.11 Å². The van der Waals surface area contributed by atoms with Crippen molar-refractivity contribution in [3.05, 3.63) is 22.8 Å². The Bertz CT molecular complexity index is 257. The van der Waals surface area contributed by atoms with Crippen LogP contribution in [0.25, 0.3) is 0 Å². The third-order valence-electron chi connectivity index (χ3n) is 1.30. The zero-order chi connectivity index (χ0) is 8.27. The zero-order valence-corrected chi connectivity index (χ0v) is 9.38. The molecule has 0 atom stereocenters. The summed E-state index contributed by atoms with van der Waals surface area (Å²) in [7, 11) is 1.55. The fraction of sp³-hybridized carbons (Fsp3) is 0.286. The summed E-state index contributed by atoms with van der Waals surface area (Å²) in [6.45, 7) is 0.329. The molecule has 1 rings (SSSR count). The van der Waals surface area contributed by atoms with Crippen molar-refractivity contribution in [1.29, 1.82) is 0 Å². The number of nitrogens with zero attached hydrogens (tertiary/aromatic N) is 1. The van der Waals surface area contributed by atoms with Gasteiger partial charge in [0, 0.05) is 12.6 Å². The molecule has 76 valence electrons. The van der Waals surface area contributed by atoms with E-state index in [9.17, 15) is 0 Å². The molecule has 0 aromatic carbocycles. The first-order valence-electron chi connectivity index (χ1n) is 3.17. The van der Waals surface area contributed by atoms with E-state index in [0.29, 0.717) is 23.1 Å². The van der Waals surface area contributed by atoms with Crippen molar-refractivity contribution in [3.8, 4) is 5.88 Å². The van der Waals surface area contributed by atoms with Gasteiger partial charge in [-0.1, -0.05) is 11.6 Å². The molecule has 0 bridgehead atoms. The quantitative estimate of drug-likeness (QED) is 0.867. The summed E-state index contributed by atoms with van der Waals surface area (Å²) in [4.78, 5) is 4.03. The molecule has 0 radical (unpaired) electrons. The summed E-state index contributed by atoms with van der Waals surface area (Å²) in [5.41, 5.74) is 6.03. The number of pyridine rings is 1. The highest BCUT2D eigenvalue weighted by Crippen LogP contribution is 2.16. The van der Waals surface area contributed by atoms with Gasteiger partial charge in [0.25, 0.3) is 0 Å². The van der Waals surface area contributed by atoms with Gasteiger partial charge in [-0.05, 0) is 6.07 Å². The number of rotatable bonds is 2. The molecule has 1 aromatic heterocycles. The van der Waals surface area contributed by atoms with Gasteiger partial charge in [0.15, 0.2) is 0 Å². The van der Waals surface area contributed by atoms with E-state index in [4.69, 9.17) is 22.1 Å². The lowest BCUT2D eigenvalue weighted by molar-refractivity contribution is 0.396. The molecular weight excluding hydrogens is 234 g/mol. The van der Waals surface area contributed by atoms with E-state index < -0.39 is 0 Å². The zero-order valence-electron chi connectivity index (χ0n) is 6.99. The van der Waals surface area contributed by atoms with Crippen LogP contribution in [-0.4, -0.2) is 12.1 Å². The molecule has 0 saturated carbocycles. The standard InChI is InChI=1S/C7H9ClN2O.2ClH/c1-11-7-3-2-5(8)6(4-9)10-7;;/h2-3H,4,9H2,1H3;2*1H. The van der Waals surface area contributed by atoms with Crippen LogP contribution in [-0.2, 0) is 6.54 Å². The lowest BCUT2D eigenvalue weighted by Gasteiger charge is -2.02. The van der Waals surface area contributed by atoms with E-state index in [1.54, 1.807) is 19.2 Å². The predicted molar refractivity (Wildman–Crippen MR) is 58.2 cm³/mol. The van der Waals surface area contributed by atoms with Gasteiger partial charge < -0.3 is 10.5 Å². The van der Waals surface area contributed by atoms with Crippen molar-refractivity contribution in [2.24, 2.45) is 5.73 Å². The van der Waals surface area contributed by atoms with Gasteiger partial charge in [0.05, 0.1) is 17.8 Å². The van der Waals surface area contributed by atoms with Crippen LogP contribution in [0.1, 0.15) is 5.69 Å². The van der Waals surface area contributed by atoms with Crippen molar-refractivity contribution in [1.82, 2.24) is 4.98 Å². The van der Waals surface area contributed by atoms with E-state index in [0.717, 1.165) is 0 Å². The van der Waals surface area contributed by atoms with Crippen LogP contribution in [0, 0.1) is 0 Å². The van der Waals surface area contributed by atoms with Gasteiger partial charge in [0.1, 0.15) is 0 Å². The Labute approximate surface area is 94.4 Å². The first-order valence-corrected chi connectivity index (χ1v) is 3.55. The van der Waals surface area contributed by atoms with Gasteiger partial charge in [0.2, 0.25) is 5.88 Å². The molecule has 0 spiro atoms. The molecule has 13 heavy (non-hydrogen) atoms. The number of aromatic nitrogens is 1. The van der Waals surface area contributed by atoms with Gasteiger partial charge in [-0.2, -0.15) is 0 Å². The predicted octanol–water partition coefficient (Wildman–Crippen LogP) is 2.05. The maximum atomic E-state index is 5.76. The van der Waals surface area contributed by atoms with Crippen molar-refractivity contribution in [3.63, 3.8) is 0 Å². The molecule has 0 unspecified atom stereocenters. The van der Waals surface area contributed by atoms with Crippen LogP contribution in [0.3, 0.4) is 0 Å². The summed E-state index contributed by atoms with van der Waals surface area (Å²) >= 11 is 5.76. The molecule has 2 N–H and O–H groups in total. The summed E-state index contributed by atoms with van der Waals surface area (Å²) in [5.74, 6) is 0.537. The van der Waals surface area contributed by atoms with E-state index in [2.05, 4.69) is 4.98 Å². The normalized spacial score (nSPS) is 8.23. The number of nitrogens with two attached hydrogens (primary N) is 1. The maximum absolute atomic E-state index is 5.76. The van der Waals surface area contributed by atoms with Gasteiger partial charge in [-0.15, -0.1) is 24.8 Å². The fourth-order valence-electron chi connectivity index (χ4n) is 0.721. The van der Waals surface area contributed by atoms with Crippen molar-refractivity contribution in [2.45, 2.75) is 6.54 Å². The van der Waals surface area contributed by atoms with Gasteiger partial charge in [-0.3, -0.25) is 0 Å². The second-order valence-corrected chi connectivity index (χ2v) is 2.39. The smallest absolute Gasteiger partial charge is 0.213 e. The second kappa shape index (κ2) is 7.21. The molecule has 0 saturated heterocycles. The molecule has 0 aliphatic heterocycles. The maximum Gasteiger partial charge on any atom is 0.213 e. The molecule has 0 aliphatic rings. The average Bonchev–Trinajstić information content (AvgIpc) is 2.05. The third kappa shape index (κ3) is 4.00. The highest BCUT2D eigenvalue weighted by molar-refractivity contribution is 6.31. The lowest BCUT2D eigenvalue weighted by atomic mass is 10.3. The molecule has 3 nitrogen and oxygen atoms in total. The van der Waals surface area contributed by atoms with Gasteiger partial charge in [-0.25, -0.2) is 4.98 Å². The largest absolute Gasteiger partial charge is 0.481 e. The highest BCUT2D eigenvalue weighted by atomic mass is 35.5. The first kappa shape index (κ1) is 15.3. The Morgan fingerprint density at radius 2 is 2.08 bits per heavy atom. The molecular formula is C7H11Cl3N2O. The van der Waals surface area contributed by atoms with E-state index >= 15 is 0 Å². The first-order chi connectivity index (χ1) is 5.27. The van der Waals surface area contributed by atoms with Crippen molar-refractivity contribution < 1.29 is 4.74 Å². The molecule has 1 heterocycles. The SMILES string of the molecule is COc1ccc(Cl)c(CN)n1.Cl.Cl. The van der Waals surface area contributed by atoms with Crippen LogP contribution in [0.4, 0.5) is 0 Å². The summed E-state index contributed by atoms with van der Waals surface area (Å²) < 4.78 is 4.89. The number of hydrogen-bond acceptors (Lipinski definition) is 3. The average molecular weight is 246 g/mol.